The Bertz CT molecular complexity index is 152. The van der Waals surface area contributed by atoms with E-state index in [-0.39, 0.29) is 12.5 Å². The van der Waals surface area contributed by atoms with E-state index in [0.29, 0.717) is 6.73 Å². The van der Waals surface area contributed by atoms with Crippen molar-refractivity contribution >= 4 is 14.1 Å². The summed E-state index contributed by atoms with van der Waals surface area (Å²) in [6.07, 6.45) is 0. The zero-order valence-electron chi connectivity index (χ0n) is 6.68. The highest BCUT2D eigenvalue weighted by Gasteiger charge is 2.32. The van der Waals surface area contributed by atoms with E-state index in [4.69, 9.17) is 4.74 Å². The second kappa shape index (κ2) is 2.36. The van der Waals surface area contributed by atoms with Crippen molar-refractivity contribution in [2.75, 3.05) is 13.3 Å². The first-order valence-corrected chi connectivity index (χ1v) is 6.85. The first kappa shape index (κ1) is 7.75. The molecule has 0 aromatic rings. The van der Waals surface area contributed by atoms with Gasteiger partial charge in [0.25, 0.3) is 0 Å². The topological polar surface area (TPSA) is 29.5 Å². The van der Waals surface area contributed by atoms with Crippen LogP contribution < -0.4 is 0 Å². The molecule has 10 heavy (non-hydrogen) atoms. The number of carbonyl (C=O) groups is 1. The SMILES string of the molecule is C[Si](C)(C)N1COCC1=O. The largest absolute Gasteiger partial charge is 0.352 e. The van der Waals surface area contributed by atoms with Gasteiger partial charge in [-0.15, -0.1) is 0 Å². The molecular formula is C6H13NO2Si. The minimum atomic E-state index is -1.43. The second-order valence-corrected chi connectivity index (χ2v) is 8.35. The van der Waals surface area contributed by atoms with Crippen molar-refractivity contribution in [3.8, 4) is 0 Å². The molecule has 0 aromatic carbocycles. The molecule has 0 radical (unpaired) electrons. The Morgan fingerprint density at radius 3 is 2.30 bits per heavy atom. The lowest BCUT2D eigenvalue weighted by Gasteiger charge is -2.27. The molecule has 3 nitrogen and oxygen atoms in total. The van der Waals surface area contributed by atoms with Crippen molar-refractivity contribution in [3.05, 3.63) is 0 Å². The highest BCUT2D eigenvalue weighted by molar-refractivity contribution is 6.75. The molecule has 1 fully saturated rings. The maximum atomic E-state index is 11.1. The third-order valence-electron chi connectivity index (χ3n) is 1.56. The Labute approximate surface area is 62.1 Å². The molecule has 1 rings (SSSR count). The third kappa shape index (κ3) is 1.38. The molecule has 0 aromatic heterocycles. The van der Waals surface area contributed by atoms with Crippen LogP contribution in [0.1, 0.15) is 0 Å². The van der Waals surface area contributed by atoms with Crippen molar-refractivity contribution in [3.63, 3.8) is 0 Å². The first-order chi connectivity index (χ1) is 4.52. The number of rotatable bonds is 1. The quantitative estimate of drug-likeness (QED) is 0.525. The smallest absolute Gasteiger partial charge is 0.242 e. The van der Waals surface area contributed by atoms with Crippen LogP contribution in [0, 0.1) is 0 Å². The lowest BCUT2D eigenvalue weighted by Crippen LogP contribution is -2.46. The number of ether oxygens (including phenoxy) is 1. The van der Waals surface area contributed by atoms with Gasteiger partial charge in [0, 0.05) is 0 Å². The summed E-state index contributed by atoms with van der Waals surface area (Å²) in [6, 6.07) is 0. The number of hydrogen-bond acceptors (Lipinski definition) is 2. The minimum absolute atomic E-state index is 0.152. The maximum absolute atomic E-state index is 11.1. The summed E-state index contributed by atoms with van der Waals surface area (Å²) < 4.78 is 6.88. The van der Waals surface area contributed by atoms with Gasteiger partial charge in [-0.1, -0.05) is 19.6 Å². The van der Waals surface area contributed by atoms with Gasteiger partial charge in [-0.25, -0.2) is 0 Å². The van der Waals surface area contributed by atoms with E-state index < -0.39 is 8.24 Å². The highest BCUT2D eigenvalue weighted by Crippen LogP contribution is 2.13. The summed E-state index contributed by atoms with van der Waals surface area (Å²) in [4.78, 5) is 11.1. The Kier molecular flexibility index (Phi) is 1.83. The zero-order chi connectivity index (χ0) is 7.78. The molecule has 0 saturated carbocycles. The van der Waals surface area contributed by atoms with Crippen LogP contribution >= 0.6 is 0 Å². The highest BCUT2D eigenvalue weighted by atomic mass is 28.3. The summed E-state index contributed by atoms with van der Waals surface area (Å²) in [7, 11) is -1.43. The van der Waals surface area contributed by atoms with Crippen LogP contribution in [-0.4, -0.2) is 32.0 Å². The Hall–Kier alpha value is -0.353. The summed E-state index contributed by atoms with van der Waals surface area (Å²) in [5, 5.41) is 0. The molecule has 1 aliphatic rings. The first-order valence-electron chi connectivity index (χ1n) is 3.40. The van der Waals surface area contributed by atoms with Crippen molar-refractivity contribution < 1.29 is 9.53 Å². The van der Waals surface area contributed by atoms with Gasteiger partial charge in [-0.2, -0.15) is 0 Å². The van der Waals surface area contributed by atoms with Crippen LogP contribution in [0.15, 0.2) is 0 Å². The van der Waals surface area contributed by atoms with Gasteiger partial charge in [0.05, 0.1) is 0 Å². The molecule has 4 heteroatoms. The maximum Gasteiger partial charge on any atom is 0.242 e. The van der Waals surface area contributed by atoms with Crippen LogP contribution in [0.5, 0.6) is 0 Å². The van der Waals surface area contributed by atoms with Crippen molar-refractivity contribution in [1.82, 2.24) is 4.57 Å². The Morgan fingerprint density at radius 1 is 1.50 bits per heavy atom. The molecular weight excluding hydrogens is 146 g/mol. The standard InChI is InChI=1S/C6H13NO2Si/c1-10(2,3)7-5-9-4-6(7)8/h4-5H2,1-3H3. The fraction of sp³-hybridized carbons (Fsp3) is 0.833. The van der Waals surface area contributed by atoms with E-state index in [1.807, 2.05) is 4.57 Å². The summed E-state index contributed by atoms with van der Waals surface area (Å²) in [5.41, 5.74) is 0. The summed E-state index contributed by atoms with van der Waals surface area (Å²) in [5.74, 6) is 0.152. The average molecular weight is 159 g/mol. The summed E-state index contributed by atoms with van der Waals surface area (Å²) in [6.45, 7) is 7.21. The van der Waals surface area contributed by atoms with Crippen LogP contribution in [0.25, 0.3) is 0 Å². The third-order valence-corrected chi connectivity index (χ3v) is 3.55. The van der Waals surface area contributed by atoms with Crippen LogP contribution in [-0.2, 0) is 9.53 Å². The van der Waals surface area contributed by atoms with Crippen molar-refractivity contribution in [1.29, 1.82) is 0 Å². The molecule has 0 N–H and O–H groups in total. The molecule has 0 unspecified atom stereocenters. The zero-order valence-corrected chi connectivity index (χ0v) is 7.68. The van der Waals surface area contributed by atoms with E-state index in [0.717, 1.165) is 0 Å². The van der Waals surface area contributed by atoms with Crippen LogP contribution in [0.4, 0.5) is 0 Å². The predicted octanol–water partition coefficient (Wildman–Crippen LogP) is 0.638. The van der Waals surface area contributed by atoms with Gasteiger partial charge in [0.2, 0.25) is 5.91 Å². The molecule has 1 amide bonds. The predicted molar refractivity (Wildman–Crippen MR) is 41.0 cm³/mol. The molecule has 0 atom stereocenters. The monoisotopic (exact) mass is 159 g/mol. The van der Waals surface area contributed by atoms with E-state index in [1.165, 1.54) is 0 Å². The molecule has 1 saturated heterocycles. The van der Waals surface area contributed by atoms with Crippen molar-refractivity contribution in [2.45, 2.75) is 19.6 Å². The number of amides is 1. The van der Waals surface area contributed by atoms with Crippen LogP contribution in [0.2, 0.25) is 19.6 Å². The molecule has 58 valence electrons. The normalized spacial score (nSPS) is 20.3. The van der Waals surface area contributed by atoms with E-state index in [2.05, 4.69) is 19.6 Å². The Morgan fingerprint density at radius 2 is 2.10 bits per heavy atom. The summed E-state index contributed by atoms with van der Waals surface area (Å²) >= 11 is 0. The van der Waals surface area contributed by atoms with Gasteiger partial charge < -0.3 is 9.30 Å². The average Bonchev–Trinajstić information content (AvgIpc) is 2.11. The number of hydrogen-bond donors (Lipinski definition) is 0. The van der Waals surface area contributed by atoms with Crippen molar-refractivity contribution in [2.24, 2.45) is 0 Å². The fourth-order valence-electron chi connectivity index (χ4n) is 0.942. The fourth-order valence-corrected chi connectivity index (χ4v) is 2.23. The van der Waals surface area contributed by atoms with Crippen LogP contribution in [0.3, 0.4) is 0 Å². The van der Waals surface area contributed by atoms with Gasteiger partial charge in [0.15, 0.2) is 8.24 Å². The lowest BCUT2D eigenvalue weighted by molar-refractivity contribution is -0.123. The van der Waals surface area contributed by atoms with Gasteiger partial charge in [-0.3, -0.25) is 4.79 Å². The number of nitrogens with zero attached hydrogens (tertiary/aromatic N) is 1. The number of carbonyl (C=O) groups excluding carboxylic acids is 1. The molecule has 0 aliphatic carbocycles. The van der Waals surface area contributed by atoms with E-state index >= 15 is 0 Å². The van der Waals surface area contributed by atoms with E-state index in [9.17, 15) is 4.79 Å². The molecule has 0 bridgehead atoms. The van der Waals surface area contributed by atoms with Gasteiger partial charge in [-0.05, 0) is 0 Å². The molecule has 1 heterocycles. The van der Waals surface area contributed by atoms with Gasteiger partial charge in [0.1, 0.15) is 13.3 Å². The van der Waals surface area contributed by atoms with Gasteiger partial charge >= 0.3 is 0 Å². The van der Waals surface area contributed by atoms with E-state index in [1.54, 1.807) is 0 Å². The Balaban J connectivity index is 2.64. The minimum Gasteiger partial charge on any atom is -0.352 e. The molecule has 0 spiro atoms. The lowest BCUT2D eigenvalue weighted by atomic mass is 10.7. The molecule has 1 aliphatic heterocycles. The second-order valence-electron chi connectivity index (χ2n) is 3.47.